The van der Waals surface area contributed by atoms with Crippen molar-refractivity contribution in [3.63, 3.8) is 0 Å². The Morgan fingerprint density at radius 3 is 2.36 bits per heavy atom. The number of benzene rings is 1. The second-order valence-corrected chi connectivity index (χ2v) is 3.10. The van der Waals surface area contributed by atoms with Gasteiger partial charge in [0, 0.05) is 0 Å². The Hall–Kier alpha value is -0.470. The van der Waals surface area contributed by atoms with Gasteiger partial charge in [0.2, 0.25) is 5.75 Å². The van der Waals surface area contributed by atoms with Gasteiger partial charge in [-0.3, -0.25) is 0 Å². The number of aromatic hydroxyl groups is 2. The fourth-order valence-electron chi connectivity index (χ4n) is 0.688. The van der Waals surface area contributed by atoms with Crippen LogP contribution in [-0.2, 0) is 10.4 Å². The number of rotatable bonds is 2. The van der Waals surface area contributed by atoms with Crippen molar-refractivity contribution in [2.24, 2.45) is 0 Å². The van der Waals surface area contributed by atoms with Crippen LogP contribution in [0.25, 0.3) is 0 Å². The number of para-hydroxylation sites is 1. The van der Waals surface area contributed by atoms with Gasteiger partial charge in [0.05, 0.1) is 0 Å². The monoisotopic (exact) mass is 228 g/mol. The van der Waals surface area contributed by atoms with E-state index in [0.717, 1.165) is 12.1 Å². The SMILES string of the molecule is O=S(=O)([O-])Oc1cccc(O)c1O.[Na+]. The van der Waals surface area contributed by atoms with Crippen molar-refractivity contribution in [3.8, 4) is 17.2 Å². The third-order valence-electron chi connectivity index (χ3n) is 1.17. The largest absolute Gasteiger partial charge is 1.00 e. The summed E-state index contributed by atoms with van der Waals surface area (Å²) in [5.41, 5.74) is 0. The van der Waals surface area contributed by atoms with Crippen LogP contribution in [0.2, 0.25) is 0 Å². The first-order valence-electron chi connectivity index (χ1n) is 3.06. The van der Waals surface area contributed by atoms with Crippen molar-refractivity contribution < 1.29 is 56.9 Å². The van der Waals surface area contributed by atoms with E-state index in [1.54, 1.807) is 0 Å². The first kappa shape index (κ1) is 13.5. The molecule has 0 fully saturated rings. The average Bonchev–Trinajstić information content (AvgIpc) is 1.96. The second kappa shape index (κ2) is 4.85. The molecule has 0 radical (unpaired) electrons. The van der Waals surface area contributed by atoms with Gasteiger partial charge in [0.25, 0.3) is 10.4 Å². The summed E-state index contributed by atoms with van der Waals surface area (Å²) in [4.78, 5) is 0. The van der Waals surface area contributed by atoms with Crippen molar-refractivity contribution in [1.29, 1.82) is 0 Å². The molecular formula is C6H5NaO6S. The third kappa shape index (κ3) is 3.72. The molecule has 0 heterocycles. The maximum Gasteiger partial charge on any atom is 1.00 e. The van der Waals surface area contributed by atoms with E-state index in [2.05, 4.69) is 4.18 Å². The van der Waals surface area contributed by atoms with E-state index in [9.17, 15) is 13.0 Å². The molecule has 0 saturated carbocycles. The topological polar surface area (TPSA) is 107 Å². The van der Waals surface area contributed by atoms with E-state index >= 15 is 0 Å². The summed E-state index contributed by atoms with van der Waals surface area (Å²) in [6.45, 7) is 0. The van der Waals surface area contributed by atoms with Crippen LogP contribution >= 0.6 is 0 Å². The molecule has 14 heavy (non-hydrogen) atoms. The Balaban J connectivity index is 0.00000169. The Labute approximate surface area is 102 Å². The smallest absolute Gasteiger partial charge is 0.716 e. The molecule has 1 aromatic carbocycles. The first-order chi connectivity index (χ1) is 5.90. The van der Waals surface area contributed by atoms with Gasteiger partial charge >= 0.3 is 29.6 Å². The summed E-state index contributed by atoms with van der Waals surface area (Å²) in [5.74, 6) is -1.96. The van der Waals surface area contributed by atoms with Crippen LogP contribution in [0.15, 0.2) is 18.2 Å². The predicted octanol–water partition coefficient (Wildman–Crippen LogP) is -3.06. The zero-order valence-corrected chi connectivity index (χ0v) is 9.98. The van der Waals surface area contributed by atoms with Crippen LogP contribution in [0.1, 0.15) is 0 Å². The minimum atomic E-state index is -4.94. The van der Waals surface area contributed by atoms with Crippen LogP contribution in [0.4, 0.5) is 0 Å². The molecule has 0 atom stereocenters. The van der Waals surface area contributed by atoms with Gasteiger partial charge in [-0.25, -0.2) is 8.42 Å². The van der Waals surface area contributed by atoms with Gasteiger partial charge in [-0.1, -0.05) is 6.07 Å². The Morgan fingerprint density at radius 1 is 1.29 bits per heavy atom. The molecule has 8 heteroatoms. The van der Waals surface area contributed by atoms with E-state index in [-0.39, 0.29) is 29.6 Å². The molecule has 1 rings (SSSR count). The van der Waals surface area contributed by atoms with Crippen molar-refractivity contribution in [3.05, 3.63) is 18.2 Å². The van der Waals surface area contributed by atoms with Crippen LogP contribution < -0.4 is 33.7 Å². The quantitative estimate of drug-likeness (QED) is 0.241. The summed E-state index contributed by atoms with van der Waals surface area (Å²) in [6.07, 6.45) is 0. The summed E-state index contributed by atoms with van der Waals surface area (Å²) >= 11 is 0. The molecule has 72 valence electrons. The Bertz CT molecular complexity index is 414. The van der Waals surface area contributed by atoms with Crippen molar-refractivity contribution in [2.75, 3.05) is 0 Å². The molecule has 1 aromatic rings. The molecular weight excluding hydrogens is 223 g/mol. The second-order valence-electron chi connectivity index (χ2n) is 2.12. The zero-order chi connectivity index (χ0) is 10.1. The van der Waals surface area contributed by atoms with Crippen molar-refractivity contribution in [2.45, 2.75) is 0 Å². The van der Waals surface area contributed by atoms with Crippen LogP contribution in [0.5, 0.6) is 17.2 Å². The summed E-state index contributed by atoms with van der Waals surface area (Å²) in [6, 6.07) is 3.36. The molecule has 6 nitrogen and oxygen atoms in total. The van der Waals surface area contributed by atoms with Crippen LogP contribution in [0, 0.1) is 0 Å². The van der Waals surface area contributed by atoms with Gasteiger partial charge in [0.15, 0.2) is 11.5 Å². The fourth-order valence-corrected chi connectivity index (χ4v) is 1.04. The molecule has 0 saturated heterocycles. The molecule has 0 spiro atoms. The first-order valence-corrected chi connectivity index (χ1v) is 4.40. The normalized spacial score (nSPS) is 10.4. The van der Waals surface area contributed by atoms with Crippen LogP contribution in [-0.4, -0.2) is 23.2 Å². The van der Waals surface area contributed by atoms with Gasteiger partial charge in [-0.15, -0.1) is 0 Å². The van der Waals surface area contributed by atoms with Crippen LogP contribution in [0.3, 0.4) is 0 Å². The Morgan fingerprint density at radius 2 is 1.86 bits per heavy atom. The zero-order valence-electron chi connectivity index (χ0n) is 7.17. The van der Waals surface area contributed by atoms with E-state index in [1.165, 1.54) is 6.07 Å². The molecule has 0 unspecified atom stereocenters. The summed E-state index contributed by atoms with van der Waals surface area (Å²) in [5, 5.41) is 17.9. The number of phenolic OH excluding ortho intramolecular Hbond substituents is 2. The third-order valence-corrected chi connectivity index (χ3v) is 1.55. The van der Waals surface area contributed by atoms with Crippen molar-refractivity contribution in [1.82, 2.24) is 0 Å². The predicted molar refractivity (Wildman–Crippen MR) is 40.1 cm³/mol. The number of hydrogen-bond donors (Lipinski definition) is 2. The van der Waals surface area contributed by atoms with E-state index in [1.807, 2.05) is 0 Å². The van der Waals surface area contributed by atoms with Crippen molar-refractivity contribution >= 4 is 10.4 Å². The standard InChI is InChI=1S/C6H6O6S.Na/c7-4-2-1-3-5(6(4)8)12-13(9,10)11;/h1-3,7-8H,(H,9,10,11);/q;+1/p-1. The minimum Gasteiger partial charge on any atom is -0.716 e. The summed E-state index contributed by atoms with van der Waals surface area (Å²) in [7, 11) is -4.94. The fraction of sp³-hybridized carbons (Fsp3) is 0. The molecule has 0 bridgehead atoms. The molecule has 0 aliphatic heterocycles. The number of hydrogen-bond acceptors (Lipinski definition) is 6. The van der Waals surface area contributed by atoms with Gasteiger partial charge in [-0.05, 0) is 12.1 Å². The maximum absolute atomic E-state index is 10.1. The van der Waals surface area contributed by atoms with E-state index in [4.69, 9.17) is 10.2 Å². The van der Waals surface area contributed by atoms with Gasteiger partial charge in [-0.2, -0.15) is 0 Å². The Kier molecular flexibility index (Phi) is 4.69. The molecule has 2 N–H and O–H groups in total. The van der Waals surface area contributed by atoms with Gasteiger partial charge < -0.3 is 18.9 Å². The van der Waals surface area contributed by atoms with Gasteiger partial charge in [0.1, 0.15) is 0 Å². The van der Waals surface area contributed by atoms with E-state index in [0.29, 0.717) is 0 Å². The molecule has 0 aliphatic carbocycles. The average molecular weight is 228 g/mol. The molecule has 0 aromatic heterocycles. The maximum atomic E-state index is 10.1. The number of phenols is 2. The molecule has 0 amide bonds. The summed E-state index contributed by atoms with van der Waals surface area (Å²) < 4.78 is 34.1. The minimum absolute atomic E-state index is 0. The molecule has 0 aliphatic rings. The van der Waals surface area contributed by atoms with E-state index < -0.39 is 27.6 Å².